The monoisotopic (exact) mass is 499 g/mol. The van der Waals surface area contributed by atoms with Gasteiger partial charge in [-0.25, -0.2) is 4.79 Å². The Morgan fingerprint density at radius 1 is 1.06 bits per heavy atom. The molecule has 172 valence electrons. The van der Waals surface area contributed by atoms with E-state index in [1.165, 1.54) is 28.4 Å². The molecule has 1 unspecified atom stereocenters. The van der Waals surface area contributed by atoms with Crippen LogP contribution in [0, 0.1) is 5.92 Å². The normalized spacial score (nSPS) is 20.2. The lowest BCUT2D eigenvalue weighted by molar-refractivity contribution is 0.136. The quantitative estimate of drug-likeness (QED) is 0.550. The van der Waals surface area contributed by atoms with Gasteiger partial charge in [-0.2, -0.15) is 0 Å². The van der Waals surface area contributed by atoms with E-state index in [-0.39, 0.29) is 12.1 Å². The van der Waals surface area contributed by atoms with E-state index in [4.69, 9.17) is 4.74 Å². The van der Waals surface area contributed by atoms with E-state index in [1.807, 2.05) is 36.1 Å². The van der Waals surface area contributed by atoms with Crippen LogP contribution in [-0.2, 0) is 13.0 Å². The second kappa shape index (κ2) is 11.2. The molecule has 2 fully saturated rings. The number of hydrogen-bond donors (Lipinski definition) is 1. The van der Waals surface area contributed by atoms with Crippen LogP contribution in [-0.4, -0.2) is 54.7 Å². The number of urea groups is 1. The molecule has 2 aromatic rings. The molecule has 2 aromatic carbocycles. The van der Waals surface area contributed by atoms with E-state index in [9.17, 15) is 4.79 Å². The maximum Gasteiger partial charge on any atom is 0.317 e. The summed E-state index contributed by atoms with van der Waals surface area (Å²) >= 11 is 3.71. The van der Waals surface area contributed by atoms with Crippen molar-refractivity contribution >= 4 is 22.0 Å². The zero-order valence-electron chi connectivity index (χ0n) is 18.9. The second-order valence-corrected chi connectivity index (χ2v) is 9.83. The maximum atomic E-state index is 12.6. The predicted molar refractivity (Wildman–Crippen MR) is 132 cm³/mol. The molecule has 6 heteroatoms. The van der Waals surface area contributed by atoms with Gasteiger partial charge in [0, 0.05) is 30.1 Å². The van der Waals surface area contributed by atoms with E-state index in [0.717, 1.165) is 44.8 Å². The second-order valence-electron chi connectivity index (χ2n) is 8.98. The Morgan fingerprint density at radius 3 is 2.56 bits per heavy atom. The Labute approximate surface area is 200 Å². The van der Waals surface area contributed by atoms with Gasteiger partial charge in [0.1, 0.15) is 5.75 Å². The molecule has 1 atom stereocenters. The Morgan fingerprint density at radius 2 is 1.84 bits per heavy atom. The van der Waals surface area contributed by atoms with E-state index in [2.05, 4.69) is 50.4 Å². The summed E-state index contributed by atoms with van der Waals surface area (Å²) in [6.45, 7) is 7.40. The lowest BCUT2D eigenvalue weighted by atomic mass is 9.90. The van der Waals surface area contributed by atoms with Crippen LogP contribution < -0.4 is 10.1 Å². The molecular formula is C26H34BrN3O2. The number of carbonyl (C=O) groups is 1. The van der Waals surface area contributed by atoms with Crippen molar-refractivity contribution in [3.05, 3.63) is 64.1 Å². The van der Waals surface area contributed by atoms with E-state index in [0.29, 0.717) is 19.1 Å². The Kier molecular flexibility index (Phi) is 8.09. The minimum atomic E-state index is 0.0685. The first kappa shape index (κ1) is 23.1. The molecular weight excluding hydrogens is 466 g/mol. The van der Waals surface area contributed by atoms with Crippen molar-refractivity contribution in [2.75, 3.05) is 32.8 Å². The maximum absolute atomic E-state index is 12.6. The number of halogens is 1. The van der Waals surface area contributed by atoms with Gasteiger partial charge in [-0.05, 0) is 80.9 Å². The molecule has 2 heterocycles. The number of benzene rings is 2. The fraction of sp³-hybridized carbons (Fsp3) is 0.500. The first-order chi connectivity index (χ1) is 15.6. The number of piperidine rings is 1. The number of nitrogens with zero attached hydrogens (tertiary/aromatic N) is 2. The number of amides is 2. The highest BCUT2D eigenvalue weighted by molar-refractivity contribution is 9.10. The molecule has 4 rings (SSSR count). The molecule has 5 nitrogen and oxygen atoms in total. The topological polar surface area (TPSA) is 44.8 Å². The SMILES string of the molecule is CCOc1ccc(Br)c(CC2CCN(CC3CCN(Cc4ccccc4)C(=O)N3)CC2)c1. The molecule has 2 aliphatic heterocycles. The van der Waals surface area contributed by atoms with Crippen molar-refractivity contribution in [1.29, 1.82) is 0 Å². The highest BCUT2D eigenvalue weighted by Crippen LogP contribution is 2.29. The first-order valence-corrected chi connectivity index (χ1v) is 12.6. The van der Waals surface area contributed by atoms with Crippen LogP contribution in [0.15, 0.2) is 53.0 Å². The summed E-state index contributed by atoms with van der Waals surface area (Å²) in [5.74, 6) is 1.65. The smallest absolute Gasteiger partial charge is 0.317 e. The summed E-state index contributed by atoms with van der Waals surface area (Å²) in [6.07, 6.45) is 4.50. The van der Waals surface area contributed by atoms with Crippen LogP contribution in [0.25, 0.3) is 0 Å². The molecule has 2 aliphatic rings. The van der Waals surface area contributed by atoms with E-state index < -0.39 is 0 Å². The van der Waals surface area contributed by atoms with Gasteiger partial charge in [0.15, 0.2) is 0 Å². The summed E-state index contributed by atoms with van der Waals surface area (Å²) in [6, 6.07) is 16.8. The molecule has 2 saturated heterocycles. The van der Waals surface area contributed by atoms with Crippen molar-refractivity contribution in [1.82, 2.24) is 15.1 Å². The summed E-state index contributed by atoms with van der Waals surface area (Å²) in [7, 11) is 0. The fourth-order valence-corrected chi connectivity index (χ4v) is 5.21. The number of ether oxygens (including phenoxy) is 1. The van der Waals surface area contributed by atoms with E-state index >= 15 is 0 Å². The van der Waals surface area contributed by atoms with Gasteiger partial charge in [-0.15, -0.1) is 0 Å². The van der Waals surface area contributed by atoms with Crippen molar-refractivity contribution in [2.24, 2.45) is 5.92 Å². The van der Waals surface area contributed by atoms with Crippen molar-refractivity contribution in [2.45, 2.75) is 45.2 Å². The zero-order chi connectivity index (χ0) is 22.3. The summed E-state index contributed by atoms with van der Waals surface area (Å²) in [4.78, 5) is 17.0. The number of nitrogens with one attached hydrogen (secondary N) is 1. The zero-order valence-corrected chi connectivity index (χ0v) is 20.5. The van der Waals surface area contributed by atoms with Crippen LogP contribution >= 0.6 is 15.9 Å². The third-order valence-electron chi connectivity index (χ3n) is 6.60. The molecule has 0 spiro atoms. The highest BCUT2D eigenvalue weighted by Gasteiger charge is 2.28. The van der Waals surface area contributed by atoms with Crippen LogP contribution in [0.2, 0.25) is 0 Å². The van der Waals surface area contributed by atoms with E-state index in [1.54, 1.807) is 0 Å². The Bertz CT molecular complexity index is 884. The number of carbonyl (C=O) groups excluding carboxylic acids is 1. The number of hydrogen-bond acceptors (Lipinski definition) is 3. The van der Waals surface area contributed by atoms with Gasteiger partial charge < -0.3 is 19.9 Å². The van der Waals surface area contributed by atoms with Crippen LogP contribution in [0.4, 0.5) is 4.79 Å². The lowest BCUT2D eigenvalue weighted by Crippen LogP contribution is -2.55. The van der Waals surface area contributed by atoms with Gasteiger partial charge in [-0.1, -0.05) is 46.3 Å². The van der Waals surface area contributed by atoms with Crippen molar-refractivity contribution in [3.8, 4) is 5.75 Å². The molecule has 0 bridgehead atoms. The van der Waals surface area contributed by atoms with Gasteiger partial charge in [-0.3, -0.25) is 0 Å². The van der Waals surface area contributed by atoms with Gasteiger partial charge in [0.05, 0.1) is 6.61 Å². The van der Waals surface area contributed by atoms with Crippen molar-refractivity contribution < 1.29 is 9.53 Å². The number of likely N-dealkylation sites (tertiary alicyclic amines) is 1. The summed E-state index contributed by atoms with van der Waals surface area (Å²) in [5.41, 5.74) is 2.52. The van der Waals surface area contributed by atoms with Crippen LogP contribution in [0.5, 0.6) is 5.75 Å². The third-order valence-corrected chi connectivity index (χ3v) is 7.37. The Balaban J connectivity index is 1.21. The first-order valence-electron chi connectivity index (χ1n) is 11.8. The third kappa shape index (κ3) is 6.26. The molecule has 0 aliphatic carbocycles. The predicted octanol–water partition coefficient (Wildman–Crippen LogP) is 5.09. The minimum Gasteiger partial charge on any atom is -0.494 e. The van der Waals surface area contributed by atoms with Crippen LogP contribution in [0.3, 0.4) is 0 Å². The fourth-order valence-electron chi connectivity index (χ4n) is 4.80. The highest BCUT2D eigenvalue weighted by atomic mass is 79.9. The van der Waals surface area contributed by atoms with Gasteiger partial charge >= 0.3 is 6.03 Å². The Hall–Kier alpha value is -2.05. The number of rotatable bonds is 8. The molecule has 32 heavy (non-hydrogen) atoms. The van der Waals surface area contributed by atoms with Gasteiger partial charge in [0.25, 0.3) is 0 Å². The largest absolute Gasteiger partial charge is 0.494 e. The lowest BCUT2D eigenvalue weighted by Gasteiger charge is -2.38. The minimum absolute atomic E-state index is 0.0685. The van der Waals surface area contributed by atoms with Crippen molar-refractivity contribution in [3.63, 3.8) is 0 Å². The molecule has 0 saturated carbocycles. The standard InChI is InChI=1S/C26H34BrN3O2/c1-2-32-24-8-9-25(27)22(17-24)16-20-10-13-29(14-11-20)19-23-12-15-30(26(31)28-23)18-21-6-4-3-5-7-21/h3-9,17,20,23H,2,10-16,18-19H2,1H3,(H,28,31). The summed E-state index contributed by atoms with van der Waals surface area (Å²) < 4.78 is 6.85. The molecule has 0 radical (unpaired) electrons. The van der Waals surface area contributed by atoms with Crippen LogP contribution in [0.1, 0.15) is 37.3 Å². The molecule has 1 N–H and O–H groups in total. The molecule has 0 aromatic heterocycles. The molecule has 2 amide bonds. The average molecular weight is 500 g/mol. The van der Waals surface area contributed by atoms with Gasteiger partial charge in [0.2, 0.25) is 0 Å². The summed E-state index contributed by atoms with van der Waals surface area (Å²) in [5, 5.41) is 3.24. The average Bonchev–Trinajstić information content (AvgIpc) is 2.80.